The van der Waals surface area contributed by atoms with Gasteiger partial charge in [-0.1, -0.05) is 12.1 Å². The van der Waals surface area contributed by atoms with Gasteiger partial charge in [0.15, 0.2) is 5.65 Å². The third-order valence-electron chi connectivity index (χ3n) is 4.75. The summed E-state index contributed by atoms with van der Waals surface area (Å²) in [5.41, 5.74) is 1.10. The first kappa shape index (κ1) is 22.0. The minimum absolute atomic E-state index is 0.0181. The van der Waals surface area contributed by atoms with E-state index in [0.29, 0.717) is 23.6 Å². The molecule has 0 aliphatic carbocycles. The second-order valence-corrected chi connectivity index (χ2v) is 7.22. The van der Waals surface area contributed by atoms with Crippen LogP contribution in [-0.2, 0) is 17.4 Å². The number of nitrogens with zero attached hydrogens (tertiary/aromatic N) is 2. The number of fused-ring (bicyclic) bond motifs is 1. The molecule has 2 aromatic heterocycles. The Bertz CT molecular complexity index is 1280. The van der Waals surface area contributed by atoms with Crippen molar-refractivity contribution in [2.24, 2.45) is 0 Å². The Kier molecular flexibility index (Phi) is 6.07. The Hall–Kier alpha value is -4.21. The number of halogens is 3. The molecular weight excluding hydrogens is 435 g/mol. The van der Waals surface area contributed by atoms with Crippen LogP contribution >= 0.6 is 0 Å². The summed E-state index contributed by atoms with van der Waals surface area (Å²) in [5.74, 6) is -0.243. The number of imidazole rings is 1. The second-order valence-electron chi connectivity index (χ2n) is 7.22. The van der Waals surface area contributed by atoms with Crippen molar-refractivity contribution in [2.45, 2.75) is 19.0 Å². The van der Waals surface area contributed by atoms with E-state index in [1.807, 2.05) is 6.07 Å². The van der Waals surface area contributed by atoms with Gasteiger partial charge < -0.3 is 15.6 Å². The molecule has 0 fully saturated rings. The van der Waals surface area contributed by atoms with Crippen LogP contribution in [0.3, 0.4) is 0 Å². The number of carbonyl (C=O) groups excluding carboxylic acids is 2. The zero-order valence-electron chi connectivity index (χ0n) is 17.1. The van der Waals surface area contributed by atoms with Crippen LogP contribution in [-0.4, -0.2) is 26.8 Å². The van der Waals surface area contributed by atoms with Crippen molar-refractivity contribution < 1.29 is 22.8 Å². The van der Waals surface area contributed by atoms with Crippen molar-refractivity contribution in [3.05, 3.63) is 83.8 Å². The highest BCUT2D eigenvalue weighted by atomic mass is 19.4. The van der Waals surface area contributed by atoms with E-state index in [-0.39, 0.29) is 23.6 Å². The molecule has 2 aromatic carbocycles. The summed E-state index contributed by atoms with van der Waals surface area (Å²) in [5, 5.41) is 5.15. The molecule has 0 saturated carbocycles. The molecule has 0 aliphatic heterocycles. The predicted molar refractivity (Wildman–Crippen MR) is 117 cm³/mol. The minimum Gasteiger partial charge on any atom is -0.341 e. The Morgan fingerprint density at radius 3 is 2.45 bits per heavy atom. The summed E-state index contributed by atoms with van der Waals surface area (Å²) in [7, 11) is 0. The van der Waals surface area contributed by atoms with Gasteiger partial charge in [0, 0.05) is 36.0 Å². The fourth-order valence-electron chi connectivity index (χ4n) is 3.18. The molecular formula is C23H18F3N5O2. The van der Waals surface area contributed by atoms with Gasteiger partial charge in [0.05, 0.1) is 11.1 Å². The number of hydrogen-bond acceptors (Lipinski definition) is 4. The number of anilines is 2. The van der Waals surface area contributed by atoms with E-state index in [1.165, 1.54) is 24.3 Å². The van der Waals surface area contributed by atoms with Crippen LogP contribution < -0.4 is 10.6 Å². The summed E-state index contributed by atoms with van der Waals surface area (Å²) in [6.07, 6.45) is -2.35. The molecule has 4 aromatic rings. The number of aromatic nitrogens is 3. The molecule has 4 rings (SSSR count). The van der Waals surface area contributed by atoms with Crippen LogP contribution in [0.25, 0.3) is 11.2 Å². The topological polar surface area (TPSA) is 99.8 Å². The van der Waals surface area contributed by atoms with Crippen molar-refractivity contribution >= 4 is 34.4 Å². The number of amides is 2. The van der Waals surface area contributed by atoms with Crippen molar-refractivity contribution in [3.63, 3.8) is 0 Å². The molecule has 168 valence electrons. The summed E-state index contributed by atoms with van der Waals surface area (Å²) in [4.78, 5) is 36.4. The highest BCUT2D eigenvalue weighted by Gasteiger charge is 2.30. The van der Waals surface area contributed by atoms with E-state index < -0.39 is 17.6 Å². The molecule has 2 heterocycles. The molecule has 7 nitrogen and oxygen atoms in total. The molecule has 0 radical (unpaired) electrons. The van der Waals surface area contributed by atoms with Crippen LogP contribution in [0.5, 0.6) is 0 Å². The molecule has 3 N–H and O–H groups in total. The third-order valence-corrected chi connectivity index (χ3v) is 4.75. The van der Waals surface area contributed by atoms with Gasteiger partial charge in [0.2, 0.25) is 5.91 Å². The highest BCUT2D eigenvalue weighted by molar-refractivity contribution is 6.05. The number of pyridine rings is 1. The molecule has 0 aliphatic rings. The van der Waals surface area contributed by atoms with Crippen LogP contribution in [0.1, 0.15) is 28.2 Å². The predicted octanol–water partition coefficient (Wildman–Crippen LogP) is 4.80. The average Bonchev–Trinajstić information content (AvgIpc) is 3.21. The van der Waals surface area contributed by atoms with Crippen molar-refractivity contribution in [1.82, 2.24) is 15.0 Å². The largest absolute Gasteiger partial charge is 0.416 e. The quantitative estimate of drug-likeness (QED) is 0.390. The summed E-state index contributed by atoms with van der Waals surface area (Å²) < 4.78 is 38.6. The number of hydrogen-bond donors (Lipinski definition) is 3. The molecule has 0 saturated heterocycles. The molecule has 10 heteroatoms. The van der Waals surface area contributed by atoms with E-state index in [4.69, 9.17) is 0 Å². The first-order valence-corrected chi connectivity index (χ1v) is 9.96. The number of aromatic amines is 1. The molecule has 33 heavy (non-hydrogen) atoms. The lowest BCUT2D eigenvalue weighted by Crippen LogP contribution is -2.15. The lowest BCUT2D eigenvalue weighted by molar-refractivity contribution is -0.137. The Morgan fingerprint density at radius 1 is 0.939 bits per heavy atom. The van der Waals surface area contributed by atoms with Crippen molar-refractivity contribution in [1.29, 1.82) is 0 Å². The maximum atomic E-state index is 12.9. The summed E-state index contributed by atoms with van der Waals surface area (Å²) >= 11 is 0. The van der Waals surface area contributed by atoms with Crippen LogP contribution in [0.2, 0.25) is 0 Å². The van der Waals surface area contributed by atoms with Gasteiger partial charge in [-0.15, -0.1) is 0 Å². The highest BCUT2D eigenvalue weighted by Crippen LogP contribution is 2.30. The van der Waals surface area contributed by atoms with Gasteiger partial charge in [-0.25, -0.2) is 9.97 Å². The fraction of sp³-hybridized carbons (Fsp3) is 0.130. The second kappa shape index (κ2) is 9.11. The number of H-pyrrole nitrogens is 1. The van der Waals surface area contributed by atoms with Gasteiger partial charge in [-0.2, -0.15) is 13.2 Å². The van der Waals surface area contributed by atoms with Gasteiger partial charge in [0.1, 0.15) is 5.82 Å². The van der Waals surface area contributed by atoms with Crippen LogP contribution in [0.4, 0.5) is 24.5 Å². The molecule has 2 amide bonds. The fourth-order valence-corrected chi connectivity index (χ4v) is 3.18. The van der Waals surface area contributed by atoms with E-state index in [9.17, 15) is 22.8 Å². The summed E-state index contributed by atoms with van der Waals surface area (Å²) in [6.45, 7) is 0. The van der Waals surface area contributed by atoms with Gasteiger partial charge in [-0.05, 0) is 48.5 Å². The van der Waals surface area contributed by atoms with Crippen LogP contribution in [0.15, 0.2) is 66.9 Å². The number of rotatable bonds is 6. The zero-order valence-corrected chi connectivity index (χ0v) is 17.1. The summed E-state index contributed by atoms with van der Waals surface area (Å²) in [6, 6.07) is 14.1. The standard InChI is InChI=1S/C23H18F3N5O2/c24-23(25,26)15-5-2-7-17(13-15)29-22(33)14-4-1-6-16(12-14)28-20(32)10-9-19-30-18-8-3-11-27-21(18)31-19/h1-8,11-13H,9-10H2,(H,28,32)(H,29,33)(H,27,30,31). The van der Waals surface area contributed by atoms with E-state index >= 15 is 0 Å². The van der Waals surface area contributed by atoms with E-state index in [2.05, 4.69) is 25.6 Å². The minimum atomic E-state index is -4.51. The molecule has 0 bridgehead atoms. The maximum absolute atomic E-state index is 12.9. The van der Waals surface area contributed by atoms with E-state index in [1.54, 1.807) is 24.4 Å². The van der Waals surface area contributed by atoms with Crippen molar-refractivity contribution in [2.75, 3.05) is 10.6 Å². The number of nitrogens with one attached hydrogen (secondary N) is 3. The third kappa shape index (κ3) is 5.53. The maximum Gasteiger partial charge on any atom is 0.416 e. The number of carbonyl (C=O) groups is 2. The van der Waals surface area contributed by atoms with E-state index in [0.717, 1.165) is 17.6 Å². The normalized spacial score (nSPS) is 11.4. The SMILES string of the molecule is O=C(CCc1nc2ncccc2[nH]1)Nc1cccc(C(=O)Nc2cccc(C(F)(F)F)c2)c1. The van der Waals surface area contributed by atoms with Gasteiger partial charge in [-0.3, -0.25) is 9.59 Å². The smallest absolute Gasteiger partial charge is 0.341 e. The Labute approximate surface area is 186 Å². The first-order valence-electron chi connectivity index (χ1n) is 9.96. The lowest BCUT2D eigenvalue weighted by Gasteiger charge is -2.11. The number of benzene rings is 2. The lowest BCUT2D eigenvalue weighted by atomic mass is 10.1. The Balaban J connectivity index is 1.37. The first-order chi connectivity index (χ1) is 15.8. The molecule has 0 unspecified atom stereocenters. The van der Waals surface area contributed by atoms with Crippen molar-refractivity contribution in [3.8, 4) is 0 Å². The Morgan fingerprint density at radius 2 is 1.70 bits per heavy atom. The number of aryl methyl sites for hydroxylation is 1. The number of alkyl halides is 3. The average molecular weight is 453 g/mol. The zero-order chi connectivity index (χ0) is 23.4. The molecule has 0 atom stereocenters. The van der Waals surface area contributed by atoms with Crippen LogP contribution in [0, 0.1) is 0 Å². The monoisotopic (exact) mass is 453 g/mol. The van der Waals surface area contributed by atoms with Gasteiger partial charge in [0.25, 0.3) is 5.91 Å². The van der Waals surface area contributed by atoms with Gasteiger partial charge >= 0.3 is 6.18 Å². The molecule has 0 spiro atoms.